The Morgan fingerprint density at radius 2 is 1.54 bits per heavy atom. The fraction of sp³-hybridized carbons (Fsp3) is 0.238. The van der Waals surface area contributed by atoms with Crippen molar-refractivity contribution in [1.82, 2.24) is 9.62 Å². The van der Waals surface area contributed by atoms with Crippen LogP contribution >= 0.6 is 0 Å². The van der Waals surface area contributed by atoms with Crippen LogP contribution in [0.2, 0.25) is 0 Å². The van der Waals surface area contributed by atoms with Gasteiger partial charge in [-0.2, -0.15) is 0 Å². The van der Waals surface area contributed by atoms with Crippen molar-refractivity contribution < 1.29 is 8.42 Å². The van der Waals surface area contributed by atoms with Gasteiger partial charge >= 0.3 is 0 Å². The Morgan fingerprint density at radius 1 is 0.885 bits per heavy atom. The smallest absolute Gasteiger partial charge is 0.240 e. The zero-order valence-electron chi connectivity index (χ0n) is 15.1. The van der Waals surface area contributed by atoms with E-state index in [4.69, 9.17) is 0 Å². The van der Waals surface area contributed by atoms with Crippen molar-refractivity contribution in [3.8, 4) is 0 Å². The topological polar surface area (TPSA) is 49.4 Å². The van der Waals surface area contributed by atoms with Crippen molar-refractivity contribution in [2.75, 3.05) is 20.6 Å². The SMILES string of the molecule is CN(C)C(CNS(=O)(=O)c1ccc2ccccc2c1)Cc1ccccc1. The number of benzene rings is 3. The lowest BCUT2D eigenvalue weighted by Crippen LogP contribution is -2.41. The predicted molar refractivity (Wildman–Crippen MR) is 107 cm³/mol. The van der Waals surface area contributed by atoms with E-state index in [1.807, 2.05) is 62.6 Å². The summed E-state index contributed by atoms with van der Waals surface area (Å²) in [5.74, 6) is 0. The van der Waals surface area contributed by atoms with Crippen LogP contribution in [0.5, 0.6) is 0 Å². The maximum atomic E-state index is 12.7. The average Bonchev–Trinajstić information content (AvgIpc) is 2.65. The van der Waals surface area contributed by atoms with Crippen LogP contribution in [0.25, 0.3) is 10.8 Å². The molecule has 26 heavy (non-hydrogen) atoms. The molecule has 1 unspecified atom stereocenters. The zero-order valence-corrected chi connectivity index (χ0v) is 15.9. The summed E-state index contributed by atoms with van der Waals surface area (Å²) in [5, 5.41) is 1.95. The molecule has 3 rings (SSSR count). The standard InChI is InChI=1S/C21H24N2O2S/c1-23(2)20(14-17-8-4-3-5-9-17)16-22-26(24,25)21-13-12-18-10-6-7-11-19(18)15-21/h3-13,15,20,22H,14,16H2,1-2H3. The molecule has 0 saturated carbocycles. The molecule has 0 bridgehead atoms. The lowest BCUT2D eigenvalue weighted by molar-refractivity contribution is 0.291. The Hall–Kier alpha value is -2.21. The molecule has 5 heteroatoms. The van der Waals surface area contributed by atoms with Crippen LogP contribution in [-0.2, 0) is 16.4 Å². The number of sulfonamides is 1. The van der Waals surface area contributed by atoms with Crippen LogP contribution in [0.1, 0.15) is 5.56 Å². The molecule has 136 valence electrons. The number of rotatable bonds is 7. The molecule has 0 fully saturated rings. The van der Waals surface area contributed by atoms with Crippen molar-refractivity contribution in [2.45, 2.75) is 17.4 Å². The maximum Gasteiger partial charge on any atom is 0.240 e. The molecule has 0 aromatic heterocycles. The van der Waals surface area contributed by atoms with Gasteiger partial charge in [0.1, 0.15) is 0 Å². The third kappa shape index (κ3) is 4.49. The molecule has 0 saturated heterocycles. The van der Waals surface area contributed by atoms with E-state index in [0.29, 0.717) is 11.4 Å². The van der Waals surface area contributed by atoms with Gasteiger partial charge in [0.2, 0.25) is 10.0 Å². The predicted octanol–water partition coefficient (Wildman–Crippen LogP) is 3.29. The first kappa shape index (κ1) is 18.6. The summed E-state index contributed by atoms with van der Waals surface area (Å²) in [4.78, 5) is 2.35. The number of nitrogens with zero attached hydrogens (tertiary/aromatic N) is 1. The van der Waals surface area contributed by atoms with Gasteiger partial charge in [0, 0.05) is 12.6 Å². The van der Waals surface area contributed by atoms with Gasteiger partial charge in [0.25, 0.3) is 0 Å². The van der Waals surface area contributed by atoms with Gasteiger partial charge in [-0.25, -0.2) is 13.1 Å². The van der Waals surface area contributed by atoms with Crippen molar-refractivity contribution in [1.29, 1.82) is 0 Å². The van der Waals surface area contributed by atoms with Crippen LogP contribution in [-0.4, -0.2) is 40.0 Å². The molecule has 1 atom stereocenters. The van der Waals surface area contributed by atoms with Gasteiger partial charge in [-0.05, 0) is 49.0 Å². The molecule has 0 aliphatic heterocycles. The van der Waals surface area contributed by atoms with Crippen molar-refractivity contribution in [3.05, 3.63) is 78.4 Å². The van der Waals surface area contributed by atoms with Crippen molar-refractivity contribution in [2.24, 2.45) is 0 Å². The summed E-state index contributed by atoms with van der Waals surface area (Å²) >= 11 is 0. The number of fused-ring (bicyclic) bond motifs is 1. The van der Waals surface area contributed by atoms with E-state index in [2.05, 4.69) is 21.8 Å². The lowest BCUT2D eigenvalue weighted by Gasteiger charge is -2.24. The minimum absolute atomic E-state index is 0.0765. The molecule has 3 aromatic carbocycles. The maximum absolute atomic E-state index is 12.7. The summed E-state index contributed by atoms with van der Waals surface area (Å²) in [6.45, 7) is 0.358. The molecular weight excluding hydrogens is 344 g/mol. The van der Waals surface area contributed by atoms with Gasteiger partial charge in [-0.3, -0.25) is 0 Å². The summed E-state index contributed by atoms with van der Waals surface area (Å²) in [5.41, 5.74) is 1.19. The third-order valence-corrected chi connectivity index (χ3v) is 6.01. The average molecular weight is 369 g/mol. The Balaban J connectivity index is 1.74. The molecule has 0 aliphatic carbocycles. The second-order valence-electron chi connectivity index (χ2n) is 6.67. The van der Waals surface area contributed by atoms with E-state index in [1.54, 1.807) is 12.1 Å². The minimum atomic E-state index is -3.55. The van der Waals surface area contributed by atoms with Crippen LogP contribution in [0, 0.1) is 0 Å². The fourth-order valence-corrected chi connectivity index (χ4v) is 4.06. The van der Waals surface area contributed by atoms with Crippen LogP contribution in [0.15, 0.2) is 77.7 Å². The highest BCUT2D eigenvalue weighted by Crippen LogP contribution is 2.19. The van der Waals surface area contributed by atoms with Crippen molar-refractivity contribution in [3.63, 3.8) is 0 Å². The highest BCUT2D eigenvalue weighted by molar-refractivity contribution is 7.89. The normalized spacial score (nSPS) is 13.2. The third-order valence-electron chi connectivity index (χ3n) is 4.58. The highest BCUT2D eigenvalue weighted by atomic mass is 32.2. The molecule has 0 spiro atoms. The number of nitrogens with one attached hydrogen (secondary N) is 1. The van der Waals surface area contributed by atoms with Crippen LogP contribution < -0.4 is 4.72 Å². The Labute approximate surface area is 155 Å². The molecule has 0 radical (unpaired) electrons. The Bertz CT molecular complexity index is 969. The first-order valence-electron chi connectivity index (χ1n) is 8.64. The van der Waals surface area contributed by atoms with Crippen LogP contribution in [0.3, 0.4) is 0 Å². The monoisotopic (exact) mass is 368 g/mol. The zero-order chi connectivity index (χ0) is 18.6. The van der Waals surface area contributed by atoms with Gasteiger partial charge < -0.3 is 4.90 Å². The number of likely N-dealkylation sites (N-methyl/N-ethyl adjacent to an activating group) is 1. The van der Waals surface area contributed by atoms with E-state index in [-0.39, 0.29) is 6.04 Å². The number of hydrogen-bond donors (Lipinski definition) is 1. The van der Waals surface area contributed by atoms with E-state index < -0.39 is 10.0 Å². The molecule has 4 nitrogen and oxygen atoms in total. The quantitative estimate of drug-likeness (QED) is 0.696. The molecule has 1 N–H and O–H groups in total. The van der Waals surface area contributed by atoms with Crippen LogP contribution in [0.4, 0.5) is 0 Å². The molecule has 0 aliphatic rings. The van der Waals surface area contributed by atoms with E-state index in [9.17, 15) is 8.42 Å². The number of hydrogen-bond acceptors (Lipinski definition) is 3. The van der Waals surface area contributed by atoms with Gasteiger partial charge in [-0.15, -0.1) is 0 Å². The Kier molecular flexibility index (Phi) is 5.71. The molecule has 0 amide bonds. The molecule has 3 aromatic rings. The second kappa shape index (κ2) is 7.99. The second-order valence-corrected chi connectivity index (χ2v) is 8.43. The largest absolute Gasteiger partial charge is 0.305 e. The summed E-state index contributed by atoms with van der Waals surface area (Å²) in [6.07, 6.45) is 0.786. The van der Waals surface area contributed by atoms with Gasteiger partial charge in [0.15, 0.2) is 0 Å². The van der Waals surface area contributed by atoms with Gasteiger partial charge in [-0.1, -0.05) is 60.7 Å². The summed E-state index contributed by atoms with van der Waals surface area (Å²) in [6, 6.07) is 23.2. The van der Waals surface area contributed by atoms with E-state index >= 15 is 0 Å². The van der Waals surface area contributed by atoms with E-state index in [1.165, 1.54) is 5.56 Å². The fourth-order valence-electron chi connectivity index (χ4n) is 2.95. The molecule has 0 heterocycles. The van der Waals surface area contributed by atoms with Gasteiger partial charge in [0.05, 0.1) is 4.90 Å². The Morgan fingerprint density at radius 3 is 2.23 bits per heavy atom. The molecular formula is C21H24N2O2S. The van der Waals surface area contributed by atoms with Crippen molar-refractivity contribution >= 4 is 20.8 Å². The lowest BCUT2D eigenvalue weighted by atomic mass is 10.1. The highest BCUT2D eigenvalue weighted by Gasteiger charge is 2.19. The summed E-state index contributed by atoms with van der Waals surface area (Å²) < 4.78 is 28.2. The minimum Gasteiger partial charge on any atom is -0.305 e. The van der Waals surface area contributed by atoms with E-state index in [0.717, 1.165) is 17.2 Å². The first-order chi connectivity index (χ1) is 12.5. The first-order valence-corrected chi connectivity index (χ1v) is 10.1. The summed E-state index contributed by atoms with van der Waals surface area (Å²) in [7, 11) is 0.391.